The van der Waals surface area contributed by atoms with Crippen LogP contribution in [-0.2, 0) is 6.42 Å². The number of fused-ring (bicyclic) bond motifs is 1. The lowest BCUT2D eigenvalue weighted by Crippen LogP contribution is -2.30. The minimum Gasteiger partial charge on any atom is -0.496 e. The van der Waals surface area contributed by atoms with Gasteiger partial charge in [0.1, 0.15) is 5.75 Å². The summed E-state index contributed by atoms with van der Waals surface area (Å²) in [6.07, 6.45) is 2.29. The zero-order valence-electron chi connectivity index (χ0n) is 17.7. The Morgan fingerprint density at radius 3 is 2.43 bits per heavy atom. The molecule has 0 spiro atoms. The van der Waals surface area contributed by atoms with Crippen LogP contribution in [0.15, 0.2) is 29.3 Å². The van der Waals surface area contributed by atoms with Gasteiger partial charge in [0, 0.05) is 38.3 Å². The summed E-state index contributed by atoms with van der Waals surface area (Å²) in [5.41, 5.74) is 15.9. The minimum absolute atomic E-state index is 0.284. The van der Waals surface area contributed by atoms with Crippen molar-refractivity contribution in [3.05, 3.63) is 41.0 Å². The van der Waals surface area contributed by atoms with E-state index in [0.29, 0.717) is 30.0 Å². The Labute approximate surface area is 176 Å². The Morgan fingerprint density at radius 1 is 1.10 bits per heavy atom. The number of aliphatic imine (C=N–C) groups is 1. The van der Waals surface area contributed by atoms with Gasteiger partial charge in [-0.05, 0) is 43.4 Å². The van der Waals surface area contributed by atoms with Crippen molar-refractivity contribution in [3.8, 4) is 16.9 Å². The first-order valence-electron chi connectivity index (χ1n) is 9.60. The van der Waals surface area contributed by atoms with Gasteiger partial charge < -0.3 is 26.0 Å². The van der Waals surface area contributed by atoms with Gasteiger partial charge in [-0.3, -0.25) is 14.6 Å². The summed E-state index contributed by atoms with van der Waals surface area (Å²) in [5.74, 6) is -0.656. The number of nitrogens with zero attached hydrogens (tertiary/aromatic N) is 3. The SMILES string of the molecule is COc1ccc(-c2cc(N(C)CCN(C)C)c(C(N)=O)c3c2N=CC3)cc1C(N)=O. The van der Waals surface area contributed by atoms with Crippen molar-refractivity contribution in [2.45, 2.75) is 6.42 Å². The third kappa shape index (κ3) is 3.99. The quantitative estimate of drug-likeness (QED) is 0.690. The topological polar surface area (TPSA) is 114 Å². The second-order valence-electron chi connectivity index (χ2n) is 7.53. The molecule has 0 bridgehead atoms. The average molecular weight is 409 g/mol. The molecule has 2 aromatic rings. The minimum atomic E-state index is -0.578. The van der Waals surface area contributed by atoms with Crippen molar-refractivity contribution in [1.29, 1.82) is 0 Å². The maximum Gasteiger partial charge on any atom is 0.252 e. The highest BCUT2D eigenvalue weighted by Crippen LogP contribution is 2.43. The molecule has 4 N–H and O–H groups in total. The largest absolute Gasteiger partial charge is 0.496 e. The number of anilines is 1. The number of carbonyl (C=O) groups is 2. The summed E-state index contributed by atoms with van der Waals surface area (Å²) < 4.78 is 5.25. The second kappa shape index (κ2) is 8.54. The summed E-state index contributed by atoms with van der Waals surface area (Å²) in [6.45, 7) is 1.52. The van der Waals surface area contributed by atoms with Crippen molar-refractivity contribution >= 4 is 29.4 Å². The maximum atomic E-state index is 12.4. The van der Waals surface area contributed by atoms with Gasteiger partial charge in [-0.25, -0.2) is 0 Å². The molecule has 1 aliphatic rings. The van der Waals surface area contributed by atoms with Crippen molar-refractivity contribution in [2.75, 3.05) is 46.2 Å². The Morgan fingerprint density at radius 2 is 1.83 bits per heavy atom. The molecule has 8 nitrogen and oxygen atoms in total. The van der Waals surface area contributed by atoms with Crippen molar-refractivity contribution in [1.82, 2.24) is 4.90 Å². The molecule has 0 aromatic heterocycles. The molecule has 0 fully saturated rings. The fraction of sp³-hybridized carbons (Fsp3) is 0.318. The lowest BCUT2D eigenvalue weighted by atomic mass is 9.92. The Kier molecular flexibility index (Phi) is 6.07. The highest BCUT2D eigenvalue weighted by atomic mass is 16.5. The lowest BCUT2D eigenvalue weighted by molar-refractivity contribution is 0.0990. The van der Waals surface area contributed by atoms with Crippen LogP contribution in [0.4, 0.5) is 11.4 Å². The van der Waals surface area contributed by atoms with E-state index in [-0.39, 0.29) is 5.56 Å². The number of benzene rings is 2. The van der Waals surface area contributed by atoms with Gasteiger partial charge in [0.25, 0.3) is 11.8 Å². The van der Waals surface area contributed by atoms with E-state index in [1.54, 1.807) is 18.3 Å². The molecule has 0 radical (unpaired) electrons. The summed E-state index contributed by atoms with van der Waals surface area (Å²) in [5, 5.41) is 0. The highest BCUT2D eigenvalue weighted by molar-refractivity contribution is 6.07. The van der Waals surface area contributed by atoms with Crippen LogP contribution in [0.25, 0.3) is 11.1 Å². The van der Waals surface area contributed by atoms with E-state index in [2.05, 4.69) is 9.89 Å². The van der Waals surface area contributed by atoms with E-state index in [4.69, 9.17) is 16.2 Å². The monoisotopic (exact) mass is 409 g/mol. The standard InChI is InChI=1S/C22H27N5O3/c1-26(2)9-10-27(3)17-12-15(20-14(7-8-25-20)19(17)22(24)29)13-5-6-18(30-4)16(11-13)21(23)28/h5-6,8,11-12H,7,9-10H2,1-4H3,(H2,23,28)(H2,24,29). The van der Waals surface area contributed by atoms with Gasteiger partial charge in [0.15, 0.2) is 0 Å². The van der Waals surface area contributed by atoms with Gasteiger partial charge in [0.05, 0.1) is 29.6 Å². The molecule has 30 heavy (non-hydrogen) atoms. The molecule has 8 heteroatoms. The predicted molar refractivity (Wildman–Crippen MR) is 119 cm³/mol. The number of primary amides is 2. The first kappa shape index (κ1) is 21.3. The van der Waals surface area contributed by atoms with E-state index in [9.17, 15) is 9.59 Å². The Bertz CT molecular complexity index is 1030. The van der Waals surface area contributed by atoms with Crippen LogP contribution in [0, 0.1) is 0 Å². The van der Waals surface area contributed by atoms with Gasteiger partial charge in [0.2, 0.25) is 0 Å². The number of hydrogen-bond donors (Lipinski definition) is 2. The number of nitrogens with two attached hydrogens (primary N) is 2. The van der Waals surface area contributed by atoms with Crippen molar-refractivity contribution in [2.24, 2.45) is 16.5 Å². The van der Waals surface area contributed by atoms with Crippen LogP contribution in [0.2, 0.25) is 0 Å². The predicted octanol–water partition coefficient (Wildman–Crippen LogP) is 1.82. The van der Waals surface area contributed by atoms with Gasteiger partial charge in [-0.2, -0.15) is 0 Å². The molecule has 158 valence electrons. The number of likely N-dealkylation sites (N-methyl/N-ethyl adjacent to an activating group) is 2. The first-order valence-corrected chi connectivity index (χ1v) is 9.60. The summed E-state index contributed by atoms with van der Waals surface area (Å²) in [4.78, 5) is 32.8. The van der Waals surface area contributed by atoms with E-state index < -0.39 is 11.8 Å². The second-order valence-corrected chi connectivity index (χ2v) is 7.53. The van der Waals surface area contributed by atoms with Crippen LogP contribution in [0.1, 0.15) is 26.3 Å². The molecule has 1 aliphatic heterocycles. The third-order valence-corrected chi connectivity index (χ3v) is 5.21. The van der Waals surface area contributed by atoms with Gasteiger partial charge in [-0.15, -0.1) is 0 Å². The number of carbonyl (C=O) groups excluding carboxylic acids is 2. The van der Waals surface area contributed by atoms with Crippen LogP contribution in [0.3, 0.4) is 0 Å². The molecular weight excluding hydrogens is 382 g/mol. The van der Waals surface area contributed by atoms with Crippen LogP contribution in [-0.4, -0.2) is 64.3 Å². The lowest BCUT2D eigenvalue weighted by Gasteiger charge is -2.26. The number of ether oxygens (including phenoxy) is 1. The molecule has 2 aromatic carbocycles. The summed E-state index contributed by atoms with van der Waals surface area (Å²) >= 11 is 0. The first-order chi connectivity index (χ1) is 14.2. The molecule has 1 heterocycles. The van der Waals surface area contributed by atoms with E-state index >= 15 is 0 Å². The maximum absolute atomic E-state index is 12.4. The molecule has 0 atom stereocenters. The van der Waals surface area contributed by atoms with Crippen LogP contribution >= 0.6 is 0 Å². The summed E-state index contributed by atoms with van der Waals surface area (Å²) in [7, 11) is 7.41. The molecule has 0 unspecified atom stereocenters. The third-order valence-electron chi connectivity index (χ3n) is 5.21. The average Bonchev–Trinajstić information content (AvgIpc) is 3.19. The molecular formula is C22H27N5O3. The van der Waals surface area contributed by atoms with Gasteiger partial charge >= 0.3 is 0 Å². The van der Waals surface area contributed by atoms with E-state index in [1.165, 1.54) is 7.11 Å². The molecule has 0 saturated heterocycles. The van der Waals surface area contributed by atoms with Crippen molar-refractivity contribution in [3.63, 3.8) is 0 Å². The zero-order valence-corrected chi connectivity index (χ0v) is 17.7. The molecule has 2 amide bonds. The normalized spacial score (nSPS) is 12.2. The van der Waals surface area contributed by atoms with E-state index in [0.717, 1.165) is 28.9 Å². The smallest absolute Gasteiger partial charge is 0.252 e. The number of methoxy groups -OCH3 is 1. The van der Waals surface area contributed by atoms with Crippen LogP contribution in [0.5, 0.6) is 5.75 Å². The number of hydrogen-bond acceptors (Lipinski definition) is 6. The fourth-order valence-corrected chi connectivity index (χ4v) is 3.62. The number of rotatable bonds is 8. The highest BCUT2D eigenvalue weighted by Gasteiger charge is 2.26. The zero-order chi connectivity index (χ0) is 22.0. The Balaban J connectivity index is 2.21. The fourth-order valence-electron chi connectivity index (χ4n) is 3.62. The summed E-state index contributed by atoms with van der Waals surface area (Å²) in [6, 6.07) is 7.15. The van der Waals surface area contributed by atoms with E-state index in [1.807, 2.05) is 38.2 Å². The number of amides is 2. The molecule has 3 rings (SSSR count). The van der Waals surface area contributed by atoms with Crippen LogP contribution < -0.4 is 21.1 Å². The van der Waals surface area contributed by atoms with Crippen molar-refractivity contribution < 1.29 is 14.3 Å². The van der Waals surface area contributed by atoms with Gasteiger partial charge in [-0.1, -0.05) is 6.07 Å². The molecule has 0 saturated carbocycles. The molecule has 0 aliphatic carbocycles. The Hall–Kier alpha value is -3.39.